The van der Waals surface area contributed by atoms with Gasteiger partial charge in [-0.25, -0.2) is 0 Å². The van der Waals surface area contributed by atoms with E-state index < -0.39 is 6.23 Å². The molecular formula is C11H16N2OS2. The van der Waals surface area contributed by atoms with Crippen LogP contribution < -0.4 is 5.32 Å². The number of hydrogen-bond donors (Lipinski definition) is 2. The van der Waals surface area contributed by atoms with Gasteiger partial charge in [0, 0.05) is 23.9 Å². The summed E-state index contributed by atoms with van der Waals surface area (Å²) in [4.78, 5) is 3.20. The first-order valence-electron chi connectivity index (χ1n) is 5.44. The lowest BCUT2D eigenvalue weighted by Crippen LogP contribution is -2.56. The zero-order chi connectivity index (χ0) is 11.5. The van der Waals surface area contributed by atoms with Crippen molar-refractivity contribution in [1.82, 2.24) is 10.2 Å². The van der Waals surface area contributed by atoms with E-state index in [0.29, 0.717) is 5.11 Å². The molecule has 0 aromatic carbocycles. The molecule has 1 aliphatic heterocycles. The molecule has 3 nitrogen and oxygen atoms in total. The highest BCUT2D eigenvalue weighted by Gasteiger charge is 2.26. The molecule has 2 rings (SSSR count). The van der Waals surface area contributed by atoms with Gasteiger partial charge in [0.25, 0.3) is 0 Å². The van der Waals surface area contributed by atoms with E-state index >= 15 is 0 Å². The smallest absolute Gasteiger partial charge is 0.171 e. The molecule has 0 saturated carbocycles. The van der Waals surface area contributed by atoms with Crippen molar-refractivity contribution in [2.75, 3.05) is 6.54 Å². The molecule has 0 amide bonds. The van der Waals surface area contributed by atoms with Gasteiger partial charge in [-0.1, -0.05) is 6.07 Å². The predicted octanol–water partition coefficient (Wildman–Crippen LogP) is 1.58. The van der Waals surface area contributed by atoms with Crippen molar-refractivity contribution in [2.45, 2.75) is 32.0 Å². The van der Waals surface area contributed by atoms with Gasteiger partial charge in [-0.15, -0.1) is 11.3 Å². The minimum atomic E-state index is -0.441. The summed E-state index contributed by atoms with van der Waals surface area (Å²) in [6, 6.07) is 4.42. The van der Waals surface area contributed by atoms with E-state index in [1.54, 1.807) is 11.3 Å². The van der Waals surface area contributed by atoms with Crippen molar-refractivity contribution in [1.29, 1.82) is 0 Å². The summed E-state index contributed by atoms with van der Waals surface area (Å²) in [5.41, 5.74) is 0. The fraction of sp³-hybridized carbons (Fsp3) is 0.545. The number of aliphatic hydroxyl groups excluding tert-OH is 1. The number of thiophene rings is 1. The SMILES string of the molecule is CC1CC(O)N(CCc2cccs2)C(=S)N1. The Hall–Kier alpha value is -0.650. The van der Waals surface area contributed by atoms with Gasteiger partial charge >= 0.3 is 0 Å². The first-order valence-corrected chi connectivity index (χ1v) is 6.73. The van der Waals surface area contributed by atoms with Crippen LogP contribution in [0.1, 0.15) is 18.2 Å². The Morgan fingerprint density at radius 2 is 2.50 bits per heavy atom. The fourth-order valence-electron chi connectivity index (χ4n) is 1.87. The van der Waals surface area contributed by atoms with Crippen LogP contribution in [-0.2, 0) is 6.42 Å². The molecule has 2 atom stereocenters. The molecule has 2 heterocycles. The molecule has 2 N–H and O–H groups in total. The molecule has 88 valence electrons. The van der Waals surface area contributed by atoms with Crippen LogP contribution >= 0.6 is 23.6 Å². The van der Waals surface area contributed by atoms with Gasteiger partial charge in [-0.3, -0.25) is 0 Å². The molecule has 1 fully saturated rings. The van der Waals surface area contributed by atoms with Crippen molar-refractivity contribution in [2.24, 2.45) is 0 Å². The zero-order valence-corrected chi connectivity index (χ0v) is 10.9. The number of nitrogens with zero attached hydrogens (tertiary/aromatic N) is 1. The maximum atomic E-state index is 9.94. The summed E-state index contributed by atoms with van der Waals surface area (Å²) in [5, 5.41) is 15.9. The Bertz CT molecular complexity index is 353. The Morgan fingerprint density at radius 1 is 1.69 bits per heavy atom. The third kappa shape index (κ3) is 2.72. The lowest BCUT2D eigenvalue weighted by atomic mass is 10.1. The molecule has 5 heteroatoms. The van der Waals surface area contributed by atoms with E-state index in [9.17, 15) is 5.11 Å². The number of rotatable bonds is 3. The monoisotopic (exact) mass is 256 g/mol. The third-order valence-electron chi connectivity index (χ3n) is 2.73. The topological polar surface area (TPSA) is 35.5 Å². The lowest BCUT2D eigenvalue weighted by Gasteiger charge is -2.38. The van der Waals surface area contributed by atoms with Crippen molar-refractivity contribution in [3.8, 4) is 0 Å². The van der Waals surface area contributed by atoms with Gasteiger partial charge in [0.1, 0.15) is 6.23 Å². The molecule has 1 aromatic rings. The van der Waals surface area contributed by atoms with Crippen LogP contribution in [0.2, 0.25) is 0 Å². The number of nitrogens with one attached hydrogen (secondary N) is 1. The molecule has 1 aliphatic rings. The van der Waals surface area contributed by atoms with Gasteiger partial charge in [-0.05, 0) is 37.0 Å². The molecule has 0 bridgehead atoms. The molecule has 0 spiro atoms. The number of hydrogen-bond acceptors (Lipinski definition) is 3. The average molecular weight is 256 g/mol. The zero-order valence-electron chi connectivity index (χ0n) is 9.22. The molecule has 2 unspecified atom stereocenters. The highest BCUT2D eigenvalue weighted by molar-refractivity contribution is 7.80. The van der Waals surface area contributed by atoms with Crippen LogP contribution in [-0.4, -0.2) is 33.9 Å². The highest BCUT2D eigenvalue weighted by Crippen LogP contribution is 2.15. The summed E-state index contributed by atoms with van der Waals surface area (Å²) < 4.78 is 0. The van der Waals surface area contributed by atoms with E-state index in [-0.39, 0.29) is 6.04 Å². The molecule has 0 aliphatic carbocycles. The lowest BCUT2D eigenvalue weighted by molar-refractivity contribution is 0.0264. The molecular weight excluding hydrogens is 240 g/mol. The van der Waals surface area contributed by atoms with Crippen LogP contribution in [0.5, 0.6) is 0 Å². The summed E-state index contributed by atoms with van der Waals surface area (Å²) in [6.07, 6.45) is 1.22. The first-order chi connectivity index (χ1) is 7.66. The van der Waals surface area contributed by atoms with Gasteiger partial charge in [0.15, 0.2) is 5.11 Å². The fourth-order valence-corrected chi connectivity index (χ4v) is 2.98. The summed E-state index contributed by atoms with van der Waals surface area (Å²) in [6.45, 7) is 2.81. The third-order valence-corrected chi connectivity index (χ3v) is 4.02. The van der Waals surface area contributed by atoms with Gasteiger partial charge in [0.05, 0.1) is 0 Å². The van der Waals surface area contributed by atoms with Crippen LogP contribution in [0.4, 0.5) is 0 Å². The molecule has 16 heavy (non-hydrogen) atoms. The van der Waals surface area contributed by atoms with Crippen LogP contribution in [0.3, 0.4) is 0 Å². The second-order valence-corrected chi connectivity index (χ2v) is 5.51. The molecule has 0 radical (unpaired) electrons. The quantitative estimate of drug-likeness (QED) is 0.805. The minimum Gasteiger partial charge on any atom is -0.373 e. The second kappa shape index (κ2) is 5.12. The number of thiocarbonyl (C=S) groups is 1. The van der Waals surface area contributed by atoms with E-state index in [0.717, 1.165) is 19.4 Å². The number of aliphatic hydroxyl groups is 1. The van der Waals surface area contributed by atoms with E-state index in [1.165, 1.54) is 4.88 Å². The summed E-state index contributed by atoms with van der Waals surface area (Å²) in [5.74, 6) is 0. The summed E-state index contributed by atoms with van der Waals surface area (Å²) in [7, 11) is 0. The average Bonchev–Trinajstić information content (AvgIpc) is 2.68. The van der Waals surface area contributed by atoms with Gasteiger partial charge < -0.3 is 15.3 Å². The van der Waals surface area contributed by atoms with E-state index in [1.807, 2.05) is 17.9 Å². The highest BCUT2D eigenvalue weighted by atomic mass is 32.1. The van der Waals surface area contributed by atoms with E-state index in [4.69, 9.17) is 12.2 Å². The Kier molecular flexibility index (Phi) is 3.78. The maximum absolute atomic E-state index is 9.94. The van der Waals surface area contributed by atoms with Gasteiger partial charge in [-0.2, -0.15) is 0 Å². The maximum Gasteiger partial charge on any atom is 0.171 e. The Balaban J connectivity index is 1.91. The van der Waals surface area contributed by atoms with Crippen molar-refractivity contribution >= 4 is 28.7 Å². The Labute approximate surface area is 105 Å². The standard InChI is InChI=1S/C11H16N2OS2/c1-8-7-10(14)13(11(15)12-8)5-4-9-3-2-6-16-9/h2-3,6,8,10,14H,4-5,7H2,1H3,(H,12,15). The Morgan fingerprint density at radius 3 is 3.12 bits per heavy atom. The van der Waals surface area contributed by atoms with E-state index in [2.05, 4.69) is 16.8 Å². The second-order valence-electron chi connectivity index (χ2n) is 4.09. The molecule has 1 saturated heterocycles. The van der Waals surface area contributed by atoms with Crippen molar-refractivity contribution < 1.29 is 5.11 Å². The minimum absolute atomic E-state index is 0.264. The normalized spacial score (nSPS) is 25.6. The molecule has 1 aromatic heterocycles. The first kappa shape index (κ1) is 11.8. The van der Waals surface area contributed by atoms with Crippen LogP contribution in [0.25, 0.3) is 0 Å². The van der Waals surface area contributed by atoms with Gasteiger partial charge in [0.2, 0.25) is 0 Å². The predicted molar refractivity (Wildman–Crippen MR) is 70.5 cm³/mol. The summed E-state index contributed by atoms with van der Waals surface area (Å²) >= 11 is 6.98. The largest absolute Gasteiger partial charge is 0.373 e. The van der Waals surface area contributed by atoms with Crippen molar-refractivity contribution in [3.05, 3.63) is 22.4 Å². The van der Waals surface area contributed by atoms with Crippen molar-refractivity contribution in [3.63, 3.8) is 0 Å². The van der Waals surface area contributed by atoms with Crippen LogP contribution in [0, 0.1) is 0 Å². The van der Waals surface area contributed by atoms with Crippen LogP contribution in [0.15, 0.2) is 17.5 Å².